The number of carbonyl (C=O) groups excluding carboxylic acids is 1. The predicted octanol–water partition coefficient (Wildman–Crippen LogP) is 2.22. The van der Waals surface area contributed by atoms with E-state index in [0.717, 1.165) is 11.4 Å². The standard InChI is InChI=1S/C9H11N5O/c1-11-7-3-6(9(15)13-14-10)4-8(5-7)12-2/h3-5,11-12H,1-2H3. The van der Waals surface area contributed by atoms with E-state index < -0.39 is 5.91 Å². The molecule has 0 aliphatic heterocycles. The van der Waals surface area contributed by atoms with Crippen LogP contribution in [0.15, 0.2) is 23.3 Å². The lowest BCUT2D eigenvalue weighted by Crippen LogP contribution is -1.99. The molecular weight excluding hydrogens is 194 g/mol. The molecule has 0 spiro atoms. The first-order valence-electron chi connectivity index (χ1n) is 4.31. The van der Waals surface area contributed by atoms with Crippen molar-refractivity contribution in [1.82, 2.24) is 0 Å². The van der Waals surface area contributed by atoms with Gasteiger partial charge in [0.1, 0.15) is 0 Å². The summed E-state index contributed by atoms with van der Waals surface area (Å²) in [4.78, 5) is 13.8. The number of rotatable bonds is 3. The molecule has 0 bridgehead atoms. The minimum Gasteiger partial charge on any atom is -0.388 e. The zero-order chi connectivity index (χ0) is 11.3. The Labute approximate surface area is 86.9 Å². The minimum atomic E-state index is -0.592. The molecule has 2 N–H and O–H groups in total. The van der Waals surface area contributed by atoms with Gasteiger partial charge < -0.3 is 10.6 Å². The van der Waals surface area contributed by atoms with E-state index in [-0.39, 0.29) is 0 Å². The third-order valence-electron chi connectivity index (χ3n) is 1.89. The summed E-state index contributed by atoms with van der Waals surface area (Å²) in [6.07, 6.45) is 0. The zero-order valence-corrected chi connectivity index (χ0v) is 8.48. The van der Waals surface area contributed by atoms with Crippen molar-refractivity contribution >= 4 is 17.3 Å². The van der Waals surface area contributed by atoms with Crippen molar-refractivity contribution in [2.45, 2.75) is 0 Å². The number of amides is 1. The van der Waals surface area contributed by atoms with Crippen LogP contribution < -0.4 is 10.6 Å². The van der Waals surface area contributed by atoms with Crippen LogP contribution in [-0.4, -0.2) is 20.0 Å². The molecule has 0 unspecified atom stereocenters. The molecule has 0 heterocycles. The molecule has 78 valence electrons. The molecule has 0 aliphatic rings. The molecule has 0 atom stereocenters. The third kappa shape index (κ3) is 2.62. The molecule has 0 fully saturated rings. The average Bonchev–Trinajstić information content (AvgIpc) is 2.28. The van der Waals surface area contributed by atoms with Crippen LogP contribution in [0.1, 0.15) is 10.4 Å². The van der Waals surface area contributed by atoms with Gasteiger partial charge in [-0.3, -0.25) is 4.79 Å². The lowest BCUT2D eigenvalue weighted by Gasteiger charge is -2.06. The molecule has 0 aromatic heterocycles. The van der Waals surface area contributed by atoms with Crippen LogP contribution in [0.2, 0.25) is 0 Å². The molecule has 0 saturated heterocycles. The molecule has 6 heteroatoms. The van der Waals surface area contributed by atoms with Crippen molar-refractivity contribution < 1.29 is 4.79 Å². The fourth-order valence-corrected chi connectivity index (χ4v) is 1.14. The lowest BCUT2D eigenvalue weighted by molar-refractivity contribution is 0.100. The SMILES string of the molecule is CNc1cc(NC)cc(C(=O)N=[N+]=[N-])c1. The van der Waals surface area contributed by atoms with E-state index in [4.69, 9.17) is 5.53 Å². The maximum absolute atomic E-state index is 11.3. The van der Waals surface area contributed by atoms with Gasteiger partial charge in [-0.25, -0.2) is 0 Å². The Morgan fingerprint density at radius 3 is 2.20 bits per heavy atom. The van der Waals surface area contributed by atoms with Crippen molar-refractivity contribution in [3.8, 4) is 0 Å². The first kappa shape index (κ1) is 10.9. The van der Waals surface area contributed by atoms with Crippen LogP contribution in [0.3, 0.4) is 0 Å². The molecule has 1 rings (SSSR count). The predicted molar refractivity (Wildman–Crippen MR) is 59.0 cm³/mol. The van der Waals surface area contributed by atoms with Crippen LogP contribution in [0, 0.1) is 0 Å². The largest absolute Gasteiger partial charge is 0.388 e. The monoisotopic (exact) mass is 205 g/mol. The van der Waals surface area contributed by atoms with Crippen molar-refractivity contribution in [3.05, 3.63) is 34.2 Å². The Morgan fingerprint density at radius 1 is 1.27 bits per heavy atom. The number of hydrogen-bond acceptors (Lipinski definition) is 3. The first-order chi connectivity index (χ1) is 7.21. The highest BCUT2D eigenvalue weighted by molar-refractivity contribution is 5.96. The molecule has 15 heavy (non-hydrogen) atoms. The maximum atomic E-state index is 11.3. The fraction of sp³-hybridized carbons (Fsp3) is 0.222. The van der Waals surface area contributed by atoms with Crippen molar-refractivity contribution in [2.75, 3.05) is 24.7 Å². The summed E-state index contributed by atoms with van der Waals surface area (Å²) in [5, 5.41) is 8.86. The molecule has 0 aliphatic carbocycles. The molecule has 1 aromatic carbocycles. The van der Waals surface area contributed by atoms with Gasteiger partial charge in [-0.05, 0) is 28.8 Å². The Kier molecular flexibility index (Phi) is 3.54. The summed E-state index contributed by atoms with van der Waals surface area (Å²) in [5.41, 5.74) is 10.1. The summed E-state index contributed by atoms with van der Waals surface area (Å²) in [6, 6.07) is 5.09. The number of benzene rings is 1. The summed E-state index contributed by atoms with van der Waals surface area (Å²) < 4.78 is 0. The van der Waals surface area contributed by atoms with Crippen LogP contribution >= 0.6 is 0 Å². The number of nitrogens with zero attached hydrogens (tertiary/aromatic N) is 3. The van der Waals surface area contributed by atoms with Gasteiger partial charge in [-0.15, -0.1) is 0 Å². The minimum absolute atomic E-state index is 0.351. The van der Waals surface area contributed by atoms with E-state index in [1.54, 1.807) is 26.2 Å². The summed E-state index contributed by atoms with van der Waals surface area (Å²) in [6.45, 7) is 0. The normalized spacial score (nSPS) is 8.93. The van der Waals surface area contributed by atoms with Crippen molar-refractivity contribution in [2.24, 2.45) is 5.11 Å². The highest BCUT2D eigenvalue weighted by atomic mass is 16.1. The lowest BCUT2D eigenvalue weighted by atomic mass is 10.1. The summed E-state index contributed by atoms with van der Waals surface area (Å²) in [5.74, 6) is -0.592. The van der Waals surface area contributed by atoms with Crippen molar-refractivity contribution in [3.63, 3.8) is 0 Å². The highest BCUT2D eigenvalue weighted by Crippen LogP contribution is 2.18. The van der Waals surface area contributed by atoms with Gasteiger partial charge in [0.05, 0.1) is 0 Å². The van der Waals surface area contributed by atoms with Gasteiger partial charge >= 0.3 is 0 Å². The average molecular weight is 205 g/mol. The van der Waals surface area contributed by atoms with Gasteiger partial charge in [0, 0.05) is 35.9 Å². The van der Waals surface area contributed by atoms with Gasteiger partial charge in [-0.1, -0.05) is 0 Å². The molecule has 0 radical (unpaired) electrons. The Morgan fingerprint density at radius 2 is 1.80 bits per heavy atom. The molecule has 6 nitrogen and oxygen atoms in total. The second kappa shape index (κ2) is 4.88. The summed E-state index contributed by atoms with van der Waals surface area (Å²) in [7, 11) is 3.49. The van der Waals surface area contributed by atoms with Crippen molar-refractivity contribution in [1.29, 1.82) is 0 Å². The Bertz CT molecular complexity index is 400. The van der Waals surface area contributed by atoms with E-state index in [1.807, 2.05) is 6.07 Å². The second-order valence-electron chi connectivity index (χ2n) is 2.79. The Hall–Kier alpha value is -2.20. The summed E-state index contributed by atoms with van der Waals surface area (Å²) >= 11 is 0. The number of nitrogens with one attached hydrogen (secondary N) is 2. The first-order valence-corrected chi connectivity index (χ1v) is 4.31. The number of anilines is 2. The molecular formula is C9H11N5O. The number of azide groups is 1. The maximum Gasteiger partial charge on any atom is 0.249 e. The molecule has 1 amide bonds. The zero-order valence-electron chi connectivity index (χ0n) is 8.48. The van der Waals surface area contributed by atoms with Gasteiger partial charge in [0.25, 0.3) is 0 Å². The number of carbonyl (C=O) groups is 1. The topological polar surface area (TPSA) is 89.9 Å². The van der Waals surface area contributed by atoms with Gasteiger partial charge in [0.15, 0.2) is 0 Å². The van der Waals surface area contributed by atoms with E-state index in [1.165, 1.54) is 0 Å². The van der Waals surface area contributed by atoms with Crippen LogP contribution in [0.5, 0.6) is 0 Å². The van der Waals surface area contributed by atoms with Crippen LogP contribution in [-0.2, 0) is 0 Å². The van der Waals surface area contributed by atoms with Crippen LogP contribution in [0.25, 0.3) is 10.4 Å². The van der Waals surface area contributed by atoms with Gasteiger partial charge in [0.2, 0.25) is 5.91 Å². The van der Waals surface area contributed by atoms with E-state index >= 15 is 0 Å². The molecule has 1 aromatic rings. The highest BCUT2D eigenvalue weighted by Gasteiger charge is 2.05. The van der Waals surface area contributed by atoms with Gasteiger partial charge in [-0.2, -0.15) is 0 Å². The van der Waals surface area contributed by atoms with E-state index in [0.29, 0.717) is 5.56 Å². The second-order valence-corrected chi connectivity index (χ2v) is 2.79. The van der Waals surface area contributed by atoms with E-state index in [2.05, 4.69) is 20.7 Å². The van der Waals surface area contributed by atoms with E-state index in [9.17, 15) is 4.79 Å². The molecule has 0 saturated carbocycles. The fourth-order valence-electron chi connectivity index (χ4n) is 1.14. The third-order valence-corrected chi connectivity index (χ3v) is 1.89. The number of hydrogen-bond donors (Lipinski definition) is 2. The smallest absolute Gasteiger partial charge is 0.249 e. The van der Waals surface area contributed by atoms with Crippen LogP contribution in [0.4, 0.5) is 11.4 Å². The quantitative estimate of drug-likeness (QED) is 0.450. The Balaban J connectivity index is 3.17.